The summed E-state index contributed by atoms with van der Waals surface area (Å²) >= 11 is 0. The number of esters is 1. The van der Waals surface area contributed by atoms with Crippen molar-refractivity contribution in [1.29, 1.82) is 0 Å². The smallest absolute Gasteiger partial charge is 0.339 e. The molecular weight excluding hydrogens is 354 g/mol. The van der Waals surface area contributed by atoms with Gasteiger partial charge in [-0.15, -0.1) is 0 Å². The molecule has 0 radical (unpaired) electrons. The Hall–Kier alpha value is -2.73. The van der Waals surface area contributed by atoms with E-state index in [1.165, 1.54) is 24.4 Å². The van der Waals surface area contributed by atoms with Crippen molar-refractivity contribution < 1.29 is 14.3 Å². The van der Waals surface area contributed by atoms with Crippen LogP contribution in [-0.2, 0) is 11.3 Å². The van der Waals surface area contributed by atoms with E-state index in [1.54, 1.807) is 12.1 Å². The number of hydrogen-bond acceptors (Lipinski definition) is 5. The maximum absolute atomic E-state index is 12.6. The van der Waals surface area contributed by atoms with Crippen molar-refractivity contribution in [3.8, 4) is 0 Å². The van der Waals surface area contributed by atoms with Crippen LogP contribution >= 0.6 is 0 Å². The first-order chi connectivity index (χ1) is 13.5. The Kier molecular flexibility index (Phi) is 6.41. The molecule has 0 spiro atoms. The zero-order valence-electron chi connectivity index (χ0n) is 16.7. The standard InChI is InChI=1S/C22H27N3O3/c1-16(2)18-6-4-17(5-7-18)15-24-10-12-25(13-11-24)21(26)20-9-8-19(14-23-20)22(27)28-3/h4-9,14,16H,10-13,15H2,1-3H3. The third-order valence-electron chi connectivity index (χ3n) is 5.12. The molecule has 148 valence electrons. The SMILES string of the molecule is COC(=O)c1ccc(C(=O)N2CCN(Cc3ccc(C(C)C)cc3)CC2)nc1. The van der Waals surface area contributed by atoms with Gasteiger partial charge < -0.3 is 9.64 Å². The lowest BCUT2D eigenvalue weighted by molar-refractivity contribution is 0.0593. The van der Waals surface area contributed by atoms with Gasteiger partial charge in [-0.05, 0) is 29.2 Å². The van der Waals surface area contributed by atoms with Gasteiger partial charge in [-0.2, -0.15) is 0 Å². The van der Waals surface area contributed by atoms with Crippen molar-refractivity contribution in [1.82, 2.24) is 14.8 Å². The summed E-state index contributed by atoms with van der Waals surface area (Å²) < 4.78 is 4.65. The van der Waals surface area contributed by atoms with Gasteiger partial charge in [0, 0.05) is 38.9 Å². The van der Waals surface area contributed by atoms with Gasteiger partial charge >= 0.3 is 5.97 Å². The van der Waals surface area contributed by atoms with Gasteiger partial charge in [-0.1, -0.05) is 38.1 Å². The lowest BCUT2D eigenvalue weighted by Crippen LogP contribution is -2.48. The van der Waals surface area contributed by atoms with Crippen LogP contribution in [-0.4, -0.2) is 59.9 Å². The van der Waals surface area contributed by atoms with Gasteiger partial charge in [0.1, 0.15) is 5.69 Å². The van der Waals surface area contributed by atoms with Crippen LogP contribution in [0.4, 0.5) is 0 Å². The topological polar surface area (TPSA) is 62.7 Å². The summed E-state index contributed by atoms with van der Waals surface area (Å²) in [7, 11) is 1.32. The van der Waals surface area contributed by atoms with Gasteiger partial charge in [-0.3, -0.25) is 14.7 Å². The molecule has 1 aliphatic heterocycles. The Bertz CT molecular complexity index is 808. The van der Waals surface area contributed by atoms with E-state index in [0.717, 1.165) is 19.6 Å². The fourth-order valence-corrected chi connectivity index (χ4v) is 3.30. The molecule has 0 aliphatic carbocycles. The van der Waals surface area contributed by atoms with Crippen LogP contribution in [0.15, 0.2) is 42.6 Å². The number of aromatic nitrogens is 1. The highest BCUT2D eigenvalue weighted by atomic mass is 16.5. The minimum absolute atomic E-state index is 0.0997. The van der Waals surface area contributed by atoms with Crippen molar-refractivity contribution in [2.45, 2.75) is 26.3 Å². The fraction of sp³-hybridized carbons (Fsp3) is 0.409. The molecule has 0 saturated carbocycles. The molecule has 28 heavy (non-hydrogen) atoms. The van der Waals surface area contributed by atoms with E-state index in [9.17, 15) is 9.59 Å². The molecule has 0 atom stereocenters. The molecule has 6 nitrogen and oxygen atoms in total. The molecule has 1 amide bonds. The molecule has 2 aromatic rings. The van der Waals surface area contributed by atoms with E-state index in [2.05, 4.69) is 52.7 Å². The largest absolute Gasteiger partial charge is 0.465 e. The predicted octanol–water partition coefficient (Wildman–Crippen LogP) is 2.95. The molecule has 1 saturated heterocycles. The average Bonchev–Trinajstić information content (AvgIpc) is 2.73. The van der Waals surface area contributed by atoms with E-state index in [1.807, 2.05) is 4.90 Å². The first kappa shape index (κ1) is 20.0. The summed E-state index contributed by atoms with van der Waals surface area (Å²) in [5, 5.41) is 0. The summed E-state index contributed by atoms with van der Waals surface area (Å²) in [6.45, 7) is 8.29. The molecule has 1 aliphatic rings. The van der Waals surface area contributed by atoms with Crippen molar-refractivity contribution in [2.75, 3.05) is 33.3 Å². The lowest BCUT2D eigenvalue weighted by Gasteiger charge is -2.34. The second-order valence-electron chi connectivity index (χ2n) is 7.39. The molecular formula is C22H27N3O3. The number of benzene rings is 1. The Morgan fingerprint density at radius 3 is 2.25 bits per heavy atom. The number of nitrogens with zero attached hydrogens (tertiary/aromatic N) is 3. The van der Waals surface area contributed by atoms with E-state index in [0.29, 0.717) is 30.3 Å². The molecule has 6 heteroatoms. The number of ether oxygens (including phenoxy) is 1. The maximum atomic E-state index is 12.6. The number of pyridine rings is 1. The molecule has 3 rings (SSSR count). The van der Waals surface area contributed by atoms with E-state index in [4.69, 9.17) is 0 Å². The highest BCUT2D eigenvalue weighted by Gasteiger charge is 2.23. The second-order valence-corrected chi connectivity index (χ2v) is 7.39. The Labute approximate surface area is 166 Å². The van der Waals surface area contributed by atoms with E-state index < -0.39 is 5.97 Å². The highest BCUT2D eigenvalue weighted by molar-refractivity contribution is 5.94. The van der Waals surface area contributed by atoms with Crippen LogP contribution < -0.4 is 0 Å². The van der Waals surface area contributed by atoms with Crippen LogP contribution in [0.1, 0.15) is 51.7 Å². The predicted molar refractivity (Wildman–Crippen MR) is 107 cm³/mol. The van der Waals surface area contributed by atoms with Gasteiger partial charge in [0.05, 0.1) is 12.7 Å². The fourth-order valence-electron chi connectivity index (χ4n) is 3.30. The van der Waals surface area contributed by atoms with Crippen LogP contribution in [0.5, 0.6) is 0 Å². The lowest BCUT2D eigenvalue weighted by atomic mass is 10.0. The second kappa shape index (κ2) is 8.97. The van der Waals surface area contributed by atoms with Crippen molar-refractivity contribution in [3.63, 3.8) is 0 Å². The molecule has 2 heterocycles. The van der Waals surface area contributed by atoms with Crippen molar-refractivity contribution >= 4 is 11.9 Å². The number of carbonyl (C=O) groups excluding carboxylic acids is 2. The van der Waals surface area contributed by atoms with E-state index in [-0.39, 0.29) is 5.91 Å². The Morgan fingerprint density at radius 1 is 1.04 bits per heavy atom. The summed E-state index contributed by atoms with van der Waals surface area (Å²) in [5.41, 5.74) is 3.34. The third kappa shape index (κ3) is 4.75. The number of methoxy groups -OCH3 is 1. The zero-order chi connectivity index (χ0) is 20.1. The maximum Gasteiger partial charge on any atom is 0.339 e. The first-order valence-corrected chi connectivity index (χ1v) is 9.62. The third-order valence-corrected chi connectivity index (χ3v) is 5.12. The molecule has 0 N–H and O–H groups in total. The van der Waals surface area contributed by atoms with Gasteiger partial charge in [0.2, 0.25) is 0 Å². The van der Waals surface area contributed by atoms with Gasteiger partial charge in [0.25, 0.3) is 5.91 Å². The minimum Gasteiger partial charge on any atom is -0.465 e. The Balaban J connectivity index is 1.53. The van der Waals surface area contributed by atoms with Crippen LogP contribution in [0, 0.1) is 0 Å². The number of hydrogen-bond donors (Lipinski definition) is 0. The quantitative estimate of drug-likeness (QED) is 0.745. The van der Waals surface area contributed by atoms with Crippen molar-refractivity contribution in [2.24, 2.45) is 0 Å². The molecule has 0 bridgehead atoms. The first-order valence-electron chi connectivity index (χ1n) is 9.62. The van der Waals surface area contributed by atoms with E-state index >= 15 is 0 Å². The van der Waals surface area contributed by atoms with Crippen LogP contribution in [0.2, 0.25) is 0 Å². The molecule has 1 aromatic heterocycles. The molecule has 1 fully saturated rings. The van der Waals surface area contributed by atoms with Crippen molar-refractivity contribution in [3.05, 3.63) is 65.0 Å². The summed E-state index contributed by atoms with van der Waals surface area (Å²) in [6.07, 6.45) is 1.39. The number of rotatable bonds is 5. The summed E-state index contributed by atoms with van der Waals surface area (Å²) in [5.74, 6) is -0.0159. The highest BCUT2D eigenvalue weighted by Crippen LogP contribution is 2.16. The van der Waals surface area contributed by atoms with Crippen LogP contribution in [0.25, 0.3) is 0 Å². The summed E-state index contributed by atoms with van der Waals surface area (Å²) in [4.78, 5) is 32.4. The average molecular weight is 381 g/mol. The normalized spacial score (nSPS) is 14.9. The number of amides is 1. The summed E-state index contributed by atoms with van der Waals surface area (Å²) in [6, 6.07) is 11.9. The number of piperazine rings is 1. The van der Waals surface area contributed by atoms with Gasteiger partial charge in [-0.25, -0.2) is 4.79 Å². The number of carbonyl (C=O) groups is 2. The zero-order valence-corrected chi connectivity index (χ0v) is 16.7. The minimum atomic E-state index is -0.457. The van der Waals surface area contributed by atoms with Crippen LogP contribution in [0.3, 0.4) is 0 Å². The monoisotopic (exact) mass is 381 g/mol. The van der Waals surface area contributed by atoms with Gasteiger partial charge in [0.15, 0.2) is 0 Å². The molecule has 1 aromatic carbocycles. The Morgan fingerprint density at radius 2 is 1.71 bits per heavy atom. The molecule has 0 unspecified atom stereocenters.